The van der Waals surface area contributed by atoms with E-state index in [-0.39, 0.29) is 11.8 Å². The number of rotatable bonds is 9. The van der Waals surface area contributed by atoms with Crippen molar-refractivity contribution in [3.8, 4) is 0 Å². The SMILES string of the molecule is CN=C(NCc1ccccc1CS(=O)(=O)NC(C)C)NC(C)CCC(C)(C)C. The average Bonchev–Trinajstić information content (AvgIpc) is 2.55. The van der Waals surface area contributed by atoms with Crippen molar-refractivity contribution in [3.63, 3.8) is 0 Å². The summed E-state index contributed by atoms with van der Waals surface area (Å²) < 4.78 is 27.2. The zero-order chi connectivity index (χ0) is 21.4. The van der Waals surface area contributed by atoms with Crippen LogP contribution in [0.15, 0.2) is 29.3 Å². The van der Waals surface area contributed by atoms with Crippen molar-refractivity contribution in [1.82, 2.24) is 15.4 Å². The molecule has 0 aliphatic rings. The summed E-state index contributed by atoms with van der Waals surface area (Å²) in [5, 5.41) is 6.72. The smallest absolute Gasteiger partial charge is 0.216 e. The van der Waals surface area contributed by atoms with Gasteiger partial charge in [-0.2, -0.15) is 0 Å². The minimum absolute atomic E-state index is 0.0307. The summed E-state index contributed by atoms with van der Waals surface area (Å²) in [6.45, 7) is 13.0. The Labute approximate surface area is 171 Å². The van der Waals surface area contributed by atoms with Crippen molar-refractivity contribution in [2.45, 2.75) is 78.8 Å². The Kier molecular flexibility index (Phi) is 9.44. The first kappa shape index (κ1) is 24.4. The molecule has 7 heteroatoms. The summed E-state index contributed by atoms with van der Waals surface area (Å²) in [5.74, 6) is 0.691. The second-order valence-corrected chi connectivity index (χ2v) is 10.6. The standard InChI is InChI=1S/C21H38N4O2S/c1-16(2)25-28(26,27)15-19-11-9-8-10-18(19)14-23-20(22-7)24-17(3)12-13-21(4,5)6/h8-11,16-17,25H,12-15H2,1-7H3,(H2,22,23,24). The summed E-state index contributed by atoms with van der Waals surface area (Å²) >= 11 is 0. The predicted molar refractivity (Wildman–Crippen MR) is 119 cm³/mol. The first-order valence-electron chi connectivity index (χ1n) is 9.96. The maximum absolute atomic E-state index is 12.3. The molecule has 28 heavy (non-hydrogen) atoms. The van der Waals surface area contributed by atoms with E-state index in [1.54, 1.807) is 7.05 Å². The van der Waals surface area contributed by atoms with Crippen molar-refractivity contribution in [1.29, 1.82) is 0 Å². The Hall–Kier alpha value is -1.60. The van der Waals surface area contributed by atoms with E-state index in [9.17, 15) is 8.42 Å². The Morgan fingerprint density at radius 3 is 2.25 bits per heavy atom. The molecule has 6 nitrogen and oxygen atoms in total. The Morgan fingerprint density at radius 1 is 1.11 bits per heavy atom. The number of hydrogen-bond acceptors (Lipinski definition) is 3. The molecule has 0 saturated carbocycles. The summed E-state index contributed by atoms with van der Waals surface area (Å²) in [6.07, 6.45) is 2.18. The van der Waals surface area contributed by atoms with Crippen LogP contribution in [0.5, 0.6) is 0 Å². The highest BCUT2D eigenvalue weighted by Gasteiger charge is 2.16. The van der Waals surface area contributed by atoms with Crippen LogP contribution in [0.25, 0.3) is 0 Å². The molecule has 0 aliphatic heterocycles. The molecule has 0 spiro atoms. The maximum Gasteiger partial charge on any atom is 0.216 e. The molecule has 3 N–H and O–H groups in total. The number of benzene rings is 1. The van der Waals surface area contributed by atoms with Gasteiger partial charge < -0.3 is 10.6 Å². The average molecular weight is 411 g/mol. The van der Waals surface area contributed by atoms with Gasteiger partial charge in [-0.05, 0) is 50.2 Å². The molecule has 0 bridgehead atoms. The van der Waals surface area contributed by atoms with Crippen LogP contribution in [-0.2, 0) is 22.3 Å². The maximum atomic E-state index is 12.3. The zero-order valence-electron chi connectivity index (χ0n) is 18.5. The van der Waals surface area contributed by atoms with Gasteiger partial charge in [0, 0.05) is 25.7 Å². The molecule has 1 rings (SSSR count). The monoisotopic (exact) mass is 410 g/mol. The molecular formula is C21H38N4O2S. The lowest BCUT2D eigenvalue weighted by Gasteiger charge is -2.23. The minimum atomic E-state index is -3.36. The van der Waals surface area contributed by atoms with Crippen LogP contribution in [0.4, 0.5) is 0 Å². The molecule has 1 aromatic carbocycles. The number of aliphatic imine (C=N–C) groups is 1. The number of nitrogens with zero attached hydrogens (tertiary/aromatic N) is 1. The number of hydrogen-bond donors (Lipinski definition) is 3. The lowest BCUT2D eigenvalue weighted by Crippen LogP contribution is -2.42. The third-order valence-electron chi connectivity index (χ3n) is 4.26. The molecule has 1 atom stereocenters. The van der Waals surface area contributed by atoms with Gasteiger partial charge in [0.05, 0.1) is 5.75 Å². The summed E-state index contributed by atoms with van der Waals surface area (Å²) in [7, 11) is -1.62. The van der Waals surface area contributed by atoms with Crippen LogP contribution >= 0.6 is 0 Å². The van der Waals surface area contributed by atoms with Crippen LogP contribution < -0.4 is 15.4 Å². The third kappa shape index (κ3) is 10.1. The third-order valence-corrected chi connectivity index (χ3v) is 5.78. The highest BCUT2D eigenvalue weighted by molar-refractivity contribution is 7.88. The number of nitrogens with one attached hydrogen (secondary N) is 3. The van der Waals surface area contributed by atoms with Gasteiger partial charge in [0.2, 0.25) is 10.0 Å². The van der Waals surface area contributed by atoms with Crippen molar-refractivity contribution < 1.29 is 8.42 Å². The first-order chi connectivity index (χ1) is 12.9. The van der Waals surface area contributed by atoms with Crippen molar-refractivity contribution >= 4 is 16.0 Å². The highest BCUT2D eigenvalue weighted by atomic mass is 32.2. The van der Waals surface area contributed by atoms with Gasteiger partial charge in [-0.25, -0.2) is 13.1 Å². The van der Waals surface area contributed by atoms with E-state index in [1.165, 1.54) is 0 Å². The van der Waals surface area contributed by atoms with Gasteiger partial charge in [0.25, 0.3) is 0 Å². The molecule has 0 heterocycles. The molecule has 160 valence electrons. The number of guanidine groups is 1. The molecule has 0 aliphatic carbocycles. The van der Waals surface area contributed by atoms with E-state index in [1.807, 2.05) is 38.1 Å². The van der Waals surface area contributed by atoms with E-state index in [2.05, 4.69) is 48.0 Å². The first-order valence-corrected chi connectivity index (χ1v) is 11.6. The predicted octanol–water partition coefficient (Wildman–Crippen LogP) is 3.39. The fourth-order valence-corrected chi connectivity index (χ4v) is 4.30. The van der Waals surface area contributed by atoms with Crippen LogP contribution in [0.2, 0.25) is 0 Å². The van der Waals surface area contributed by atoms with Crippen LogP contribution in [0, 0.1) is 5.41 Å². The molecule has 0 amide bonds. The van der Waals surface area contributed by atoms with Gasteiger partial charge in [-0.3, -0.25) is 4.99 Å². The summed E-state index contributed by atoms with van der Waals surface area (Å²) in [6, 6.07) is 7.78. The minimum Gasteiger partial charge on any atom is -0.354 e. The normalized spacial score (nSPS) is 14.2. The molecule has 0 fully saturated rings. The van der Waals surface area contributed by atoms with Crippen molar-refractivity contribution in [2.75, 3.05) is 7.05 Å². The fourth-order valence-electron chi connectivity index (χ4n) is 2.80. The second kappa shape index (κ2) is 10.8. The molecule has 0 aromatic heterocycles. The van der Waals surface area contributed by atoms with Crippen LogP contribution in [-0.4, -0.2) is 33.5 Å². The van der Waals surface area contributed by atoms with Gasteiger partial charge in [0.15, 0.2) is 5.96 Å². The number of sulfonamides is 1. The van der Waals surface area contributed by atoms with E-state index in [0.29, 0.717) is 18.0 Å². The van der Waals surface area contributed by atoms with E-state index >= 15 is 0 Å². The second-order valence-electron chi connectivity index (χ2n) is 8.87. The van der Waals surface area contributed by atoms with E-state index < -0.39 is 10.0 Å². The topological polar surface area (TPSA) is 82.6 Å². The van der Waals surface area contributed by atoms with Gasteiger partial charge in [0.1, 0.15) is 0 Å². The van der Waals surface area contributed by atoms with Crippen LogP contribution in [0.1, 0.15) is 65.5 Å². The van der Waals surface area contributed by atoms with Gasteiger partial charge >= 0.3 is 0 Å². The summed E-state index contributed by atoms with van der Waals surface area (Å²) in [4.78, 5) is 4.29. The van der Waals surface area contributed by atoms with Crippen molar-refractivity contribution in [3.05, 3.63) is 35.4 Å². The fraction of sp³-hybridized carbons (Fsp3) is 0.667. The lowest BCUT2D eigenvalue weighted by molar-refractivity contribution is 0.346. The van der Waals surface area contributed by atoms with E-state index in [4.69, 9.17) is 0 Å². The Bertz CT molecular complexity index is 737. The molecule has 0 radical (unpaired) electrons. The highest BCUT2D eigenvalue weighted by Crippen LogP contribution is 2.21. The summed E-state index contributed by atoms with van der Waals surface area (Å²) in [5.41, 5.74) is 2.04. The quantitative estimate of drug-likeness (QED) is 0.430. The molecule has 1 unspecified atom stereocenters. The van der Waals surface area contributed by atoms with Crippen LogP contribution in [0.3, 0.4) is 0 Å². The zero-order valence-corrected chi connectivity index (χ0v) is 19.3. The van der Waals surface area contributed by atoms with E-state index in [0.717, 1.165) is 29.9 Å². The Morgan fingerprint density at radius 2 is 1.71 bits per heavy atom. The molecule has 0 saturated heterocycles. The van der Waals surface area contributed by atoms with Gasteiger partial charge in [-0.15, -0.1) is 0 Å². The van der Waals surface area contributed by atoms with Crippen molar-refractivity contribution in [2.24, 2.45) is 10.4 Å². The molecule has 1 aromatic rings. The Balaban J connectivity index is 2.71. The largest absolute Gasteiger partial charge is 0.354 e. The molecular weight excluding hydrogens is 372 g/mol. The lowest BCUT2D eigenvalue weighted by atomic mass is 9.89. The van der Waals surface area contributed by atoms with Gasteiger partial charge in [-0.1, -0.05) is 45.0 Å².